The summed E-state index contributed by atoms with van der Waals surface area (Å²) in [5.74, 6) is -13.3. The van der Waals surface area contributed by atoms with Crippen LogP contribution in [0.3, 0.4) is 0 Å². The Morgan fingerprint density at radius 2 is 0.452 bits per heavy atom. The van der Waals surface area contributed by atoms with Crippen molar-refractivity contribution >= 4 is 87.8 Å². The number of phenols is 12. The van der Waals surface area contributed by atoms with Gasteiger partial charge in [0, 0.05) is 145 Å². The summed E-state index contributed by atoms with van der Waals surface area (Å²) in [5.41, 5.74) is -4.08. The molecule has 664 valence electrons. The molecule has 40 nitrogen and oxygen atoms in total. The van der Waals surface area contributed by atoms with Crippen molar-refractivity contribution in [2.75, 3.05) is 54.9 Å². The molecule has 4 aromatic heterocycles. The molecule has 0 spiro atoms. The molecule has 16 rings (SSSR count). The molecule has 4 fully saturated rings. The lowest BCUT2D eigenvalue weighted by Crippen LogP contribution is -2.51. The van der Waals surface area contributed by atoms with Crippen molar-refractivity contribution in [2.24, 2.45) is 23.7 Å². The molecular formula is C84H88O40. The zero-order chi connectivity index (χ0) is 90.4. The standard InChI is InChI=1S/C22H24O10.2C21H22O10.C20H20O10/c1-30-13-4-9-12(6-14(13)31-2)32-15-5-11(24)16(21(28)17(15)19(9)26)10-3-8(7-23)18(25)22(29)20(10)27;1-30-13-3-8-12(4-10(13)23)31-14-5-11(24)15(20(28)16(14)18(8)26)9-2-7(6-22)17(25)21(29)19(9)27;1-30-13-5-12-8(3-10(13)23)18(26)16-14(31-12)4-11(24)15(20(16)28)9-2-7(6-22)17(25)21(29)19(9)27;21-5-6-1-8(18(27)20(29)16(6)25)14-11(24)4-13-15(19(14)28)17(26)7-2-9(22)10(23)3-12(7)30-13/h4-6,8,10,18,20,22-25,27-29H,3,7H2,1-2H3;2*3-5,7,9,17,19,21-25,27-29H,2,6H2,1H3;2-4,6,8,16,18,20-25,27-29H,1,5H2/t8-,10?,18-,20+,22+;2*7-,9?,17-,19+,21+;6-,8?,16-,18+,20+/m1111/s1. The fourth-order valence-electron chi connectivity index (χ4n) is 17.3. The average molecular weight is 1740 g/mol. The van der Waals surface area contributed by atoms with Crippen LogP contribution in [0.25, 0.3) is 87.8 Å². The Hall–Kier alpha value is -12.2. The molecule has 0 aliphatic heterocycles. The highest BCUT2D eigenvalue weighted by atomic mass is 16.5. The van der Waals surface area contributed by atoms with Crippen molar-refractivity contribution in [3.05, 3.63) is 136 Å². The smallest absolute Gasteiger partial charge is 0.204 e. The maximum absolute atomic E-state index is 13.3. The van der Waals surface area contributed by atoms with E-state index in [1.54, 1.807) is 0 Å². The van der Waals surface area contributed by atoms with E-state index in [1.165, 1.54) is 58.8 Å². The summed E-state index contributed by atoms with van der Waals surface area (Å²) in [6.07, 6.45) is -18.7. The Labute approximate surface area is 693 Å². The minimum atomic E-state index is -1.65. The third-order valence-corrected chi connectivity index (χ3v) is 24.0. The number of hydrogen-bond acceptors (Lipinski definition) is 40. The summed E-state index contributed by atoms with van der Waals surface area (Å²) in [6, 6.07) is 14.1. The number of phenolic OH excluding ortho intramolecular Hbond substituents is 12. The zero-order valence-corrected chi connectivity index (χ0v) is 65.6. The van der Waals surface area contributed by atoms with E-state index in [-0.39, 0.29) is 164 Å². The molecule has 8 aromatic carbocycles. The van der Waals surface area contributed by atoms with Crippen molar-refractivity contribution in [1.82, 2.24) is 0 Å². The van der Waals surface area contributed by atoms with Crippen molar-refractivity contribution in [1.29, 1.82) is 0 Å². The first-order chi connectivity index (χ1) is 58.8. The van der Waals surface area contributed by atoms with Crippen LogP contribution in [-0.2, 0) is 0 Å². The highest BCUT2D eigenvalue weighted by molar-refractivity contribution is 6.00. The number of methoxy groups -OCH3 is 4. The Morgan fingerprint density at radius 1 is 0.250 bits per heavy atom. The van der Waals surface area contributed by atoms with Crippen LogP contribution in [-0.4, -0.2) is 271 Å². The first-order valence-electron chi connectivity index (χ1n) is 38.3. The van der Waals surface area contributed by atoms with Gasteiger partial charge in [-0.3, -0.25) is 19.2 Å². The van der Waals surface area contributed by atoms with Gasteiger partial charge in [0.2, 0.25) is 21.7 Å². The van der Waals surface area contributed by atoms with E-state index in [9.17, 15) is 162 Å². The second-order valence-electron chi connectivity index (χ2n) is 31.0. The highest BCUT2D eigenvalue weighted by Crippen LogP contribution is 2.53. The molecule has 124 heavy (non-hydrogen) atoms. The fourth-order valence-corrected chi connectivity index (χ4v) is 17.3. The molecule has 4 unspecified atom stereocenters. The molecule has 0 radical (unpaired) electrons. The largest absolute Gasteiger partial charge is 0.507 e. The maximum atomic E-state index is 13.3. The molecule has 0 saturated heterocycles. The van der Waals surface area contributed by atoms with Crippen LogP contribution in [0.15, 0.2) is 110 Å². The van der Waals surface area contributed by atoms with E-state index in [1.807, 2.05) is 0 Å². The van der Waals surface area contributed by atoms with Crippen LogP contribution in [0.4, 0.5) is 0 Å². The Balaban J connectivity index is 0.000000142. The monoisotopic (exact) mass is 1740 g/mol. The molecule has 4 heterocycles. The lowest BCUT2D eigenvalue weighted by Gasteiger charge is -2.40. The summed E-state index contributed by atoms with van der Waals surface area (Å²) in [4.78, 5) is 52.4. The topological polar surface area (TPSA) is 724 Å². The number of rotatable bonds is 12. The van der Waals surface area contributed by atoms with Crippen LogP contribution in [0, 0.1) is 23.7 Å². The second-order valence-corrected chi connectivity index (χ2v) is 31.0. The molecular weight excluding hydrogens is 1650 g/mol. The number of ether oxygens (including phenoxy) is 4. The zero-order valence-electron chi connectivity index (χ0n) is 65.6. The van der Waals surface area contributed by atoms with Gasteiger partial charge in [-0.15, -0.1) is 0 Å². The van der Waals surface area contributed by atoms with Gasteiger partial charge in [-0.05, 0) is 49.9 Å². The summed E-state index contributed by atoms with van der Waals surface area (Å²) in [5, 5.41) is 285. The lowest BCUT2D eigenvalue weighted by atomic mass is 9.72. The van der Waals surface area contributed by atoms with Gasteiger partial charge in [-0.1, -0.05) is 0 Å². The van der Waals surface area contributed by atoms with Gasteiger partial charge >= 0.3 is 0 Å². The van der Waals surface area contributed by atoms with Crippen molar-refractivity contribution in [2.45, 2.75) is 123 Å². The highest BCUT2D eigenvalue weighted by Gasteiger charge is 2.50. The molecule has 0 amide bonds. The Bertz CT molecular complexity index is 6390. The lowest BCUT2D eigenvalue weighted by molar-refractivity contribution is -0.127. The van der Waals surface area contributed by atoms with Crippen LogP contribution >= 0.6 is 0 Å². The van der Waals surface area contributed by atoms with Gasteiger partial charge in [-0.25, -0.2) is 0 Å². The van der Waals surface area contributed by atoms with E-state index in [0.29, 0.717) is 5.75 Å². The van der Waals surface area contributed by atoms with Gasteiger partial charge < -0.3 is 180 Å². The first kappa shape index (κ1) is 89.6. The van der Waals surface area contributed by atoms with Crippen LogP contribution in [0.1, 0.15) is 71.6 Å². The Kier molecular flexibility index (Phi) is 25.2. The molecule has 0 bridgehead atoms. The van der Waals surface area contributed by atoms with Crippen LogP contribution in [0.5, 0.6) is 92.0 Å². The quantitative estimate of drug-likeness (QED) is 0.0599. The molecule has 12 aromatic rings. The third kappa shape index (κ3) is 15.3. The van der Waals surface area contributed by atoms with E-state index in [4.69, 9.17) is 36.6 Å². The molecule has 40 heteroatoms. The minimum Gasteiger partial charge on any atom is -0.507 e. The normalized spacial score (nSPS) is 26.4. The van der Waals surface area contributed by atoms with E-state index in [2.05, 4.69) is 0 Å². The van der Waals surface area contributed by atoms with Gasteiger partial charge in [0.1, 0.15) is 137 Å². The van der Waals surface area contributed by atoms with E-state index in [0.717, 1.165) is 42.5 Å². The molecule has 4 saturated carbocycles. The van der Waals surface area contributed by atoms with Crippen LogP contribution in [0.2, 0.25) is 0 Å². The van der Waals surface area contributed by atoms with E-state index >= 15 is 0 Å². The van der Waals surface area contributed by atoms with Crippen molar-refractivity contribution in [3.8, 4) is 92.0 Å². The molecule has 4 aliphatic carbocycles. The summed E-state index contributed by atoms with van der Waals surface area (Å²) < 4.78 is 42.9. The third-order valence-electron chi connectivity index (χ3n) is 24.0. The number of aromatic hydroxyl groups is 12. The average Bonchev–Trinajstić information content (AvgIpc) is 0.748. The summed E-state index contributed by atoms with van der Waals surface area (Å²) in [7, 11) is 5.46. The predicted octanol–water partition coefficient (Wildman–Crippen LogP) is 1.00. The maximum Gasteiger partial charge on any atom is 0.204 e. The second kappa shape index (κ2) is 34.8. The summed E-state index contributed by atoms with van der Waals surface area (Å²) in [6.45, 7) is -1.98. The Morgan fingerprint density at radius 3 is 0.726 bits per heavy atom. The fraction of sp³-hybridized carbons (Fsp3) is 0.381. The SMILES string of the molecule is COc1cc2c(=O)c3c(O)c(C4C[C@H](CO)[C@@H](O)[C@H](O)[C@H]4O)c(O)cc3oc2cc1O.COc1cc2oc3cc(O)c(C4C[C@H](CO)[C@@H](O)[C@H](O)[C@H]4O)c(O)c3c(=O)c2cc1O.COc1cc2oc3cc(O)c(C4C[C@H](CO)[C@@H](O)[C@H](O)[C@H]4O)c(O)c3c(=O)c2cc1OC.O=c1c2cc(O)c(O)cc2oc2cc(O)c(C3C[C@H](CO)[C@@H](O)[C@H](O)[C@H]3O)c(O)c12. The van der Waals surface area contributed by atoms with E-state index < -0.39 is 226 Å². The number of benzene rings is 8. The molecule has 4 aliphatic rings. The first-order valence-corrected chi connectivity index (χ1v) is 38.3. The van der Waals surface area contributed by atoms with Gasteiger partial charge in [-0.2, -0.15) is 0 Å². The van der Waals surface area contributed by atoms with Crippen molar-refractivity contribution in [3.63, 3.8) is 0 Å². The van der Waals surface area contributed by atoms with Crippen LogP contribution < -0.4 is 40.7 Å². The predicted molar refractivity (Wildman–Crippen MR) is 430 cm³/mol. The van der Waals surface area contributed by atoms with Gasteiger partial charge in [0.15, 0.2) is 46.0 Å². The minimum absolute atomic E-state index is 0.000981. The van der Waals surface area contributed by atoms with Gasteiger partial charge in [0.25, 0.3) is 0 Å². The number of aliphatic hydroxyl groups excluding tert-OH is 16. The molecule has 20 atom stereocenters. The van der Waals surface area contributed by atoms with Crippen molar-refractivity contribution < 1.29 is 180 Å². The number of fused-ring (bicyclic) bond motifs is 8. The number of hydrogen-bond donors (Lipinski definition) is 28. The summed E-state index contributed by atoms with van der Waals surface area (Å²) >= 11 is 0. The number of aliphatic hydroxyl groups is 16. The molecule has 28 N–H and O–H groups in total. The van der Waals surface area contributed by atoms with Gasteiger partial charge in [0.05, 0.1) is 98.8 Å².